The average molecular weight is 288 g/mol. The van der Waals surface area contributed by atoms with E-state index >= 15 is 0 Å². The standard InChI is InChI=1S/C14H28O4Si/c1-13(2,3)19(6,7)16-9-10-12-11(8-15-10)17-14(4,5)18-12/h10-12H,8-9H2,1-7H3/t10-,11?,12?/m1/s1. The summed E-state index contributed by atoms with van der Waals surface area (Å²) in [5.74, 6) is -0.492. The van der Waals surface area contributed by atoms with Crippen LogP contribution in [0.15, 0.2) is 0 Å². The van der Waals surface area contributed by atoms with Gasteiger partial charge in [0.15, 0.2) is 14.1 Å². The molecule has 19 heavy (non-hydrogen) atoms. The van der Waals surface area contributed by atoms with Crippen LogP contribution in [0.1, 0.15) is 34.6 Å². The van der Waals surface area contributed by atoms with Gasteiger partial charge in [-0.1, -0.05) is 20.8 Å². The van der Waals surface area contributed by atoms with Crippen LogP contribution in [0.3, 0.4) is 0 Å². The fourth-order valence-electron chi connectivity index (χ4n) is 2.27. The first kappa shape index (κ1) is 15.4. The first-order chi connectivity index (χ1) is 8.52. The summed E-state index contributed by atoms with van der Waals surface area (Å²) in [6, 6.07) is 0. The van der Waals surface area contributed by atoms with Gasteiger partial charge in [-0.2, -0.15) is 0 Å². The van der Waals surface area contributed by atoms with Crippen molar-refractivity contribution >= 4 is 8.32 Å². The van der Waals surface area contributed by atoms with Gasteiger partial charge >= 0.3 is 0 Å². The Hall–Kier alpha value is 0.0569. The lowest BCUT2D eigenvalue weighted by molar-refractivity contribution is -0.177. The molecule has 0 spiro atoms. The molecular formula is C14H28O4Si. The van der Waals surface area contributed by atoms with E-state index in [4.69, 9.17) is 18.6 Å². The molecule has 2 fully saturated rings. The molecule has 0 N–H and O–H groups in total. The molecule has 0 aromatic rings. The molecule has 0 aromatic carbocycles. The van der Waals surface area contributed by atoms with Crippen molar-refractivity contribution in [3.05, 3.63) is 0 Å². The van der Waals surface area contributed by atoms with Crippen molar-refractivity contribution in [3.8, 4) is 0 Å². The smallest absolute Gasteiger partial charge is 0.192 e. The van der Waals surface area contributed by atoms with Crippen LogP contribution in [0, 0.1) is 0 Å². The maximum Gasteiger partial charge on any atom is 0.192 e. The highest BCUT2D eigenvalue weighted by atomic mass is 28.4. The van der Waals surface area contributed by atoms with Crippen molar-refractivity contribution in [2.75, 3.05) is 13.2 Å². The van der Waals surface area contributed by atoms with Gasteiger partial charge in [0.05, 0.1) is 13.2 Å². The van der Waals surface area contributed by atoms with E-state index in [2.05, 4.69) is 33.9 Å². The summed E-state index contributed by atoms with van der Waals surface area (Å²) in [4.78, 5) is 0. The second kappa shape index (κ2) is 4.81. The zero-order valence-corrected chi connectivity index (χ0v) is 14.3. The van der Waals surface area contributed by atoms with Crippen molar-refractivity contribution in [2.24, 2.45) is 0 Å². The summed E-state index contributed by atoms with van der Waals surface area (Å²) < 4.78 is 23.7. The molecule has 112 valence electrons. The van der Waals surface area contributed by atoms with Crippen molar-refractivity contribution in [3.63, 3.8) is 0 Å². The molecule has 2 heterocycles. The van der Waals surface area contributed by atoms with Crippen LogP contribution in [0.4, 0.5) is 0 Å². The van der Waals surface area contributed by atoms with E-state index in [9.17, 15) is 0 Å². The fourth-order valence-corrected chi connectivity index (χ4v) is 3.28. The lowest BCUT2D eigenvalue weighted by Gasteiger charge is -2.37. The van der Waals surface area contributed by atoms with E-state index in [-0.39, 0.29) is 23.4 Å². The first-order valence-corrected chi connectivity index (χ1v) is 10.0. The maximum atomic E-state index is 6.23. The summed E-state index contributed by atoms with van der Waals surface area (Å²) >= 11 is 0. The first-order valence-electron chi connectivity index (χ1n) is 7.13. The molecule has 0 saturated carbocycles. The molecule has 3 atom stereocenters. The Kier molecular flexibility index (Phi) is 3.91. The van der Waals surface area contributed by atoms with Gasteiger partial charge in [0, 0.05) is 0 Å². The minimum atomic E-state index is -1.73. The third-order valence-corrected chi connectivity index (χ3v) is 8.98. The van der Waals surface area contributed by atoms with E-state index < -0.39 is 14.1 Å². The van der Waals surface area contributed by atoms with Gasteiger partial charge in [-0.25, -0.2) is 0 Å². The van der Waals surface area contributed by atoms with Gasteiger partial charge in [0.2, 0.25) is 0 Å². The number of fused-ring (bicyclic) bond motifs is 1. The molecule has 2 saturated heterocycles. The third-order valence-electron chi connectivity index (χ3n) is 4.48. The van der Waals surface area contributed by atoms with E-state index in [0.717, 1.165) is 0 Å². The maximum absolute atomic E-state index is 6.23. The summed E-state index contributed by atoms with van der Waals surface area (Å²) in [6.45, 7) is 16.4. The van der Waals surface area contributed by atoms with Crippen molar-refractivity contribution < 1.29 is 18.6 Å². The summed E-state index contributed by atoms with van der Waals surface area (Å²) in [5, 5.41) is 0.220. The SMILES string of the molecule is CC1(C)OC2CO[C@H](CO[Si](C)(C)C(C)(C)C)C2O1. The zero-order valence-electron chi connectivity index (χ0n) is 13.3. The van der Waals surface area contributed by atoms with Gasteiger partial charge < -0.3 is 18.6 Å². The molecular weight excluding hydrogens is 260 g/mol. The molecule has 2 aliphatic heterocycles. The average Bonchev–Trinajstić information content (AvgIpc) is 2.68. The second-order valence-corrected chi connectivity index (χ2v) is 12.4. The summed E-state index contributed by atoms with van der Waals surface area (Å²) in [7, 11) is -1.73. The van der Waals surface area contributed by atoms with E-state index in [1.165, 1.54) is 0 Å². The second-order valence-electron chi connectivity index (χ2n) is 7.58. The predicted octanol–water partition coefficient (Wildman–Crippen LogP) is 2.93. The Balaban J connectivity index is 1.91. The van der Waals surface area contributed by atoms with Crippen LogP contribution in [-0.4, -0.2) is 45.6 Å². The van der Waals surface area contributed by atoms with Crippen molar-refractivity contribution in [1.82, 2.24) is 0 Å². The quantitative estimate of drug-likeness (QED) is 0.748. The highest BCUT2D eigenvalue weighted by molar-refractivity contribution is 6.74. The monoisotopic (exact) mass is 288 g/mol. The van der Waals surface area contributed by atoms with Gasteiger partial charge in [-0.05, 0) is 32.0 Å². The number of rotatable bonds is 3. The van der Waals surface area contributed by atoms with E-state index in [1.807, 2.05) is 13.8 Å². The highest BCUT2D eigenvalue weighted by Gasteiger charge is 2.50. The zero-order chi connectivity index (χ0) is 14.5. The Bertz CT molecular complexity index is 335. The summed E-state index contributed by atoms with van der Waals surface area (Å²) in [6.07, 6.45) is 0.0729. The molecule has 4 nitrogen and oxygen atoms in total. The fraction of sp³-hybridized carbons (Fsp3) is 1.00. The van der Waals surface area contributed by atoms with Crippen LogP contribution < -0.4 is 0 Å². The molecule has 2 rings (SSSR count). The minimum Gasteiger partial charge on any atom is -0.414 e. The Morgan fingerprint density at radius 3 is 2.42 bits per heavy atom. The van der Waals surface area contributed by atoms with Crippen LogP contribution >= 0.6 is 0 Å². The summed E-state index contributed by atoms with van der Waals surface area (Å²) in [5.41, 5.74) is 0. The molecule has 2 unspecified atom stereocenters. The van der Waals surface area contributed by atoms with Crippen LogP contribution in [0.2, 0.25) is 18.1 Å². The lowest BCUT2D eigenvalue weighted by atomic mass is 10.2. The highest BCUT2D eigenvalue weighted by Crippen LogP contribution is 2.39. The predicted molar refractivity (Wildman–Crippen MR) is 76.7 cm³/mol. The van der Waals surface area contributed by atoms with Gasteiger partial charge in [-0.15, -0.1) is 0 Å². The molecule has 0 aliphatic carbocycles. The van der Waals surface area contributed by atoms with Gasteiger partial charge in [-0.3, -0.25) is 0 Å². The Labute approximate surface area is 117 Å². The number of hydrogen-bond donors (Lipinski definition) is 0. The molecule has 2 aliphatic rings. The number of ether oxygens (including phenoxy) is 3. The third kappa shape index (κ3) is 3.21. The van der Waals surface area contributed by atoms with Gasteiger partial charge in [0.1, 0.15) is 18.3 Å². The van der Waals surface area contributed by atoms with Crippen LogP contribution in [-0.2, 0) is 18.6 Å². The van der Waals surface area contributed by atoms with E-state index in [1.54, 1.807) is 0 Å². The minimum absolute atomic E-state index is 0.000833. The Morgan fingerprint density at radius 2 is 1.84 bits per heavy atom. The van der Waals surface area contributed by atoms with Gasteiger partial charge in [0.25, 0.3) is 0 Å². The molecule has 0 aromatic heterocycles. The lowest BCUT2D eigenvalue weighted by Crippen LogP contribution is -2.44. The van der Waals surface area contributed by atoms with Crippen molar-refractivity contribution in [2.45, 2.75) is 76.8 Å². The molecule has 0 radical (unpaired) electrons. The molecule has 0 bridgehead atoms. The van der Waals surface area contributed by atoms with Crippen LogP contribution in [0.5, 0.6) is 0 Å². The van der Waals surface area contributed by atoms with Crippen molar-refractivity contribution in [1.29, 1.82) is 0 Å². The molecule has 5 heteroatoms. The van der Waals surface area contributed by atoms with E-state index in [0.29, 0.717) is 13.2 Å². The molecule has 0 amide bonds. The largest absolute Gasteiger partial charge is 0.414 e. The topological polar surface area (TPSA) is 36.9 Å². The normalized spacial score (nSPS) is 34.6. The number of hydrogen-bond acceptors (Lipinski definition) is 4. The Morgan fingerprint density at radius 1 is 1.21 bits per heavy atom. The van der Waals surface area contributed by atoms with Crippen LogP contribution in [0.25, 0.3) is 0 Å².